The Morgan fingerprint density at radius 2 is 1.20 bits per heavy atom. The van der Waals surface area contributed by atoms with Gasteiger partial charge in [0.05, 0.1) is 0 Å². The van der Waals surface area contributed by atoms with E-state index in [1.807, 2.05) is 0 Å². The number of hydrogen-bond acceptors (Lipinski definition) is 1. The summed E-state index contributed by atoms with van der Waals surface area (Å²) in [6.45, 7) is 2.27. The molecular formula is C29H43F5O. The Kier molecular flexibility index (Phi) is 10.7. The zero-order chi connectivity index (χ0) is 25.3. The molecule has 0 radical (unpaired) electrons. The summed E-state index contributed by atoms with van der Waals surface area (Å²) in [7, 11) is 0. The van der Waals surface area contributed by atoms with Gasteiger partial charge >= 0.3 is 12.3 Å². The van der Waals surface area contributed by atoms with E-state index in [-0.39, 0.29) is 0 Å². The number of aryl methyl sites for hydroxylation is 1. The third kappa shape index (κ3) is 8.93. The molecule has 0 unspecified atom stereocenters. The maximum atomic E-state index is 13.0. The van der Waals surface area contributed by atoms with E-state index >= 15 is 0 Å². The molecule has 0 atom stereocenters. The molecule has 200 valence electrons. The van der Waals surface area contributed by atoms with Crippen LogP contribution in [0.5, 0.6) is 5.75 Å². The fraction of sp³-hybridized carbons (Fsp3) is 0.793. The summed E-state index contributed by atoms with van der Waals surface area (Å²) >= 11 is 0. The highest BCUT2D eigenvalue weighted by atomic mass is 19.4. The van der Waals surface area contributed by atoms with E-state index in [2.05, 4.69) is 11.7 Å². The predicted octanol–water partition coefficient (Wildman–Crippen LogP) is 10.1. The van der Waals surface area contributed by atoms with Crippen LogP contribution in [-0.2, 0) is 6.42 Å². The fourth-order valence-electron chi connectivity index (χ4n) is 6.23. The number of ether oxygens (including phenoxy) is 1. The van der Waals surface area contributed by atoms with Crippen molar-refractivity contribution in [1.82, 2.24) is 0 Å². The summed E-state index contributed by atoms with van der Waals surface area (Å²) in [6.07, 6.45) is 10.1. The van der Waals surface area contributed by atoms with Crippen molar-refractivity contribution in [1.29, 1.82) is 0 Å². The SMILES string of the molecule is CCCCCCC[C@H]1CC[C@H](C2CCC(CCc3ccc(OC(F)(F)C(F)(F)F)cc3)CC2)CC1. The molecule has 1 aromatic carbocycles. The minimum atomic E-state index is -5.72. The standard InChI is InChI=1S/C29H43F5O/c1-2-3-4-5-6-7-22-10-16-25(17-11-22)26-18-12-23(13-19-26)8-9-24-14-20-27(21-15-24)35-29(33,34)28(30,31)32/h14-15,20-23,25-26H,2-13,16-19H2,1H3/t22-,23?,25-,26?. The predicted molar refractivity (Wildman–Crippen MR) is 131 cm³/mol. The summed E-state index contributed by atoms with van der Waals surface area (Å²) in [5, 5.41) is 0. The Hall–Kier alpha value is -1.33. The Balaban J connectivity index is 1.31. The van der Waals surface area contributed by atoms with E-state index in [4.69, 9.17) is 0 Å². The van der Waals surface area contributed by atoms with Crippen molar-refractivity contribution < 1.29 is 26.7 Å². The van der Waals surface area contributed by atoms with E-state index in [9.17, 15) is 22.0 Å². The first-order valence-electron chi connectivity index (χ1n) is 13.9. The average Bonchev–Trinajstić information content (AvgIpc) is 2.83. The molecule has 2 aliphatic rings. The van der Waals surface area contributed by atoms with Gasteiger partial charge in [0.2, 0.25) is 0 Å². The van der Waals surface area contributed by atoms with Crippen molar-refractivity contribution in [2.45, 2.75) is 122 Å². The quantitative estimate of drug-likeness (QED) is 0.204. The molecule has 0 N–H and O–H groups in total. The van der Waals surface area contributed by atoms with Gasteiger partial charge in [-0.15, -0.1) is 0 Å². The van der Waals surface area contributed by atoms with Crippen LogP contribution in [0.2, 0.25) is 0 Å². The first-order valence-corrected chi connectivity index (χ1v) is 13.9. The first-order chi connectivity index (χ1) is 16.7. The summed E-state index contributed by atoms with van der Waals surface area (Å²) < 4.78 is 66.8. The minimum Gasteiger partial charge on any atom is -0.426 e. The first kappa shape index (κ1) is 28.2. The van der Waals surface area contributed by atoms with Crippen LogP contribution in [-0.4, -0.2) is 12.3 Å². The highest BCUT2D eigenvalue weighted by Gasteiger charge is 2.61. The summed E-state index contributed by atoms with van der Waals surface area (Å²) in [4.78, 5) is 0. The second-order valence-corrected chi connectivity index (χ2v) is 11.1. The smallest absolute Gasteiger partial charge is 0.426 e. The van der Waals surface area contributed by atoms with Crippen molar-refractivity contribution in [3.8, 4) is 5.75 Å². The van der Waals surface area contributed by atoms with Crippen molar-refractivity contribution in [2.75, 3.05) is 0 Å². The number of unbranched alkanes of at least 4 members (excludes halogenated alkanes) is 4. The summed E-state index contributed by atoms with van der Waals surface area (Å²) in [5.41, 5.74) is 0.947. The molecule has 0 bridgehead atoms. The molecule has 0 amide bonds. The number of hydrogen-bond donors (Lipinski definition) is 0. The van der Waals surface area contributed by atoms with Crippen LogP contribution in [0.3, 0.4) is 0 Å². The molecule has 2 saturated carbocycles. The van der Waals surface area contributed by atoms with Crippen LogP contribution in [0.4, 0.5) is 22.0 Å². The molecule has 2 fully saturated rings. The van der Waals surface area contributed by atoms with Gasteiger partial charge in [-0.1, -0.05) is 83.3 Å². The van der Waals surface area contributed by atoms with Crippen LogP contribution in [0, 0.1) is 23.7 Å². The number of halogens is 5. The number of benzene rings is 1. The number of alkyl halides is 5. The zero-order valence-corrected chi connectivity index (χ0v) is 21.2. The van der Waals surface area contributed by atoms with Crippen molar-refractivity contribution in [3.63, 3.8) is 0 Å². The Labute approximate surface area is 208 Å². The van der Waals surface area contributed by atoms with E-state index in [0.29, 0.717) is 5.92 Å². The third-order valence-electron chi connectivity index (χ3n) is 8.51. The Morgan fingerprint density at radius 3 is 1.71 bits per heavy atom. The van der Waals surface area contributed by atoms with E-state index in [1.54, 1.807) is 12.1 Å². The highest BCUT2D eigenvalue weighted by Crippen LogP contribution is 2.43. The molecule has 0 spiro atoms. The lowest BCUT2D eigenvalue weighted by molar-refractivity contribution is -0.360. The van der Waals surface area contributed by atoms with Gasteiger partial charge < -0.3 is 4.74 Å². The van der Waals surface area contributed by atoms with Crippen molar-refractivity contribution in [2.24, 2.45) is 23.7 Å². The van der Waals surface area contributed by atoms with Crippen LogP contribution >= 0.6 is 0 Å². The molecular weight excluding hydrogens is 459 g/mol. The van der Waals surface area contributed by atoms with Crippen LogP contribution in [0.25, 0.3) is 0 Å². The second kappa shape index (κ2) is 13.3. The topological polar surface area (TPSA) is 9.23 Å². The Bertz CT molecular complexity index is 714. The van der Waals surface area contributed by atoms with Gasteiger partial charge in [0, 0.05) is 0 Å². The second-order valence-electron chi connectivity index (χ2n) is 11.1. The van der Waals surface area contributed by atoms with Crippen molar-refractivity contribution >= 4 is 0 Å². The molecule has 6 heteroatoms. The lowest BCUT2D eigenvalue weighted by atomic mass is 9.68. The third-order valence-corrected chi connectivity index (χ3v) is 8.51. The Morgan fingerprint density at radius 1 is 0.686 bits per heavy atom. The summed E-state index contributed by atoms with van der Waals surface area (Å²) in [5.74, 6) is 2.96. The summed E-state index contributed by atoms with van der Waals surface area (Å²) in [6, 6.07) is 5.59. The van der Waals surface area contributed by atoms with Crippen LogP contribution in [0.15, 0.2) is 24.3 Å². The molecule has 35 heavy (non-hydrogen) atoms. The van der Waals surface area contributed by atoms with Crippen molar-refractivity contribution in [3.05, 3.63) is 29.8 Å². The molecule has 0 aliphatic heterocycles. The van der Waals surface area contributed by atoms with Gasteiger partial charge in [0.1, 0.15) is 5.75 Å². The number of rotatable bonds is 12. The van der Waals surface area contributed by atoms with Gasteiger partial charge in [-0.3, -0.25) is 0 Å². The van der Waals surface area contributed by atoms with E-state index in [1.165, 1.54) is 102 Å². The van der Waals surface area contributed by atoms with E-state index < -0.39 is 18.0 Å². The van der Waals surface area contributed by atoms with Gasteiger partial charge in [0.15, 0.2) is 0 Å². The molecule has 0 heterocycles. The van der Waals surface area contributed by atoms with Gasteiger partial charge in [-0.05, 0) is 79.9 Å². The van der Waals surface area contributed by atoms with Crippen LogP contribution < -0.4 is 4.74 Å². The molecule has 0 saturated heterocycles. The van der Waals surface area contributed by atoms with Crippen LogP contribution in [0.1, 0.15) is 109 Å². The van der Waals surface area contributed by atoms with Gasteiger partial charge in [-0.2, -0.15) is 22.0 Å². The molecule has 3 rings (SSSR count). The minimum absolute atomic E-state index is 0.470. The molecule has 1 aromatic rings. The van der Waals surface area contributed by atoms with E-state index in [0.717, 1.165) is 36.2 Å². The van der Waals surface area contributed by atoms with Gasteiger partial charge in [-0.25, -0.2) is 0 Å². The van der Waals surface area contributed by atoms with Gasteiger partial charge in [0.25, 0.3) is 0 Å². The average molecular weight is 503 g/mol. The lowest BCUT2D eigenvalue weighted by Gasteiger charge is -2.38. The monoisotopic (exact) mass is 502 g/mol. The molecule has 2 aliphatic carbocycles. The zero-order valence-electron chi connectivity index (χ0n) is 21.2. The normalized spacial score (nSPS) is 26.0. The fourth-order valence-corrected chi connectivity index (χ4v) is 6.23. The molecule has 0 aromatic heterocycles. The highest BCUT2D eigenvalue weighted by molar-refractivity contribution is 5.27. The largest absolute Gasteiger partial charge is 0.499 e. The lowest BCUT2D eigenvalue weighted by Crippen LogP contribution is -2.41. The maximum absolute atomic E-state index is 13.0. The molecule has 1 nitrogen and oxygen atoms in total. The maximum Gasteiger partial charge on any atom is 0.499 e.